The summed E-state index contributed by atoms with van der Waals surface area (Å²) in [4.78, 5) is 0. The molecule has 0 aliphatic rings. The number of hydrogen-bond donors (Lipinski definition) is 5. The van der Waals surface area contributed by atoms with Crippen LogP contribution in [-0.2, 0) is 13.0 Å². The Morgan fingerprint density at radius 1 is 0.905 bits per heavy atom. The summed E-state index contributed by atoms with van der Waals surface area (Å²) in [6.07, 6.45) is 0.655. The van der Waals surface area contributed by atoms with E-state index in [1.54, 1.807) is 0 Å². The van der Waals surface area contributed by atoms with Gasteiger partial charge in [0.05, 0.1) is 6.61 Å². The lowest BCUT2D eigenvalue weighted by Gasteiger charge is -2.17. The number of rotatable bonds is 6. The lowest BCUT2D eigenvalue weighted by molar-refractivity contribution is 0.240. The third-order valence-electron chi connectivity index (χ3n) is 3.34. The fraction of sp³-hybridized carbons (Fsp3) is 0.250. The van der Waals surface area contributed by atoms with Crippen molar-refractivity contribution >= 4 is 0 Å². The molecule has 1 atom stereocenters. The third kappa shape index (κ3) is 3.87. The Bertz CT molecular complexity index is 586. The lowest BCUT2D eigenvalue weighted by Crippen LogP contribution is -2.34. The monoisotopic (exact) mass is 289 g/mol. The highest BCUT2D eigenvalue weighted by atomic mass is 16.3. The zero-order valence-corrected chi connectivity index (χ0v) is 11.5. The summed E-state index contributed by atoms with van der Waals surface area (Å²) in [5.74, 6) is -1.24. The molecule has 0 heterocycles. The summed E-state index contributed by atoms with van der Waals surface area (Å²) in [7, 11) is 0. The van der Waals surface area contributed by atoms with Gasteiger partial charge in [0.15, 0.2) is 11.5 Å². The van der Waals surface area contributed by atoms with Gasteiger partial charge in [0.25, 0.3) is 0 Å². The molecule has 5 N–H and O–H groups in total. The largest absolute Gasteiger partial charge is 0.504 e. The number of nitrogens with one attached hydrogen (secondary N) is 1. The standard InChI is InChI=1S/C16H19NO4/c18-10-13(8-11-4-2-1-3-5-11)17-9-12-6-7-14(19)16(21)15(12)20/h1-7,13,17-21H,8-10H2/t13-/m1/s1. The summed E-state index contributed by atoms with van der Waals surface area (Å²) < 4.78 is 0. The van der Waals surface area contributed by atoms with Crippen molar-refractivity contribution in [1.82, 2.24) is 5.32 Å². The van der Waals surface area contributed by atoms with E-state index in [0.29, 0.717) is 12.0 Å². The number of benzene rings is 2. The molecule has 0 radical (unpaired) electrons. The van der Waals surface area contributed by atoms with Crippen LogP contribution in [0.3, 0.4) is 0 Å². The molecule has 2 aromatic rings. The van der Waals surface area contributed by atoms with E-state index in [2.05, 4.69) is 5.32 Å². The van der Waals surface area contributed by atoms with Crippen molar-refractivity contribution in [1.29, 1.82) is 0 Å². The molecule has 0 bridgehead atoms. The normalized spacial score (nSPS) is 12.2. The van der Waals surface area contributed by atoms with Gasteiger partial charge < -0.3 is 25.7 Å². The van der Waals surface area contributed by atoms with Crippen molar-refractivity contribution in [2.24, 2.45) is 0 Å². The van der Waals surface area contributed by atoms with E-state index < -0.39 is 5.75 Å². The number of phenols is 3. The maximum atomic E-state index is 9.74. The van der Waals surface area contributed by atoms with Crippen LogP contribution in [0.4, 0.5) is 0 Å². The summed E-state index contributed by atoms with van der Waals surface area (Å²) >= 11 is 0. The fourth-order valence-electron chi connectivity index (χ4n) is 2.11. The van der Waals surface area contributed by atoms with Gasteiger partial charge in [-0.05, 0) is 18.1 Å². The van der Waals surface area contributed by atoms with Gasteiger partial charge >= 0.3 is 0 Å². The van der Waals surface area contributed by atoms with Crippen LogP contribution >= 0.6 is 0 Å². The van der Waals surface area contributed by atoms with Crippen LogP contribution < -0.4 is 5.32 Å². The Morgan fingerprint density at radius 2 is 1.62 bits per heavy atom. The molecule has 0 fully saturated rings. The lowest BCUT2D eigenvalue weighted by atomic mass is 10.1. The molecule has 2 rings (SSSR count). The van der Waals surface area contributed by atoms with Gasteiger partial charge in [0.1, 0.15) is 0 Å². The smallest absolute Gasteiger partial charge is 0.200 e. The Kier molecular flexibility index (Phi) is 5.03. The van der Waals surface area contributed by atoms with Crippen molar-refractivity contribution in [2.75, 3.05) is 6.61 Å². The van der Waals surface area contributed by atoms with E-state index >= 15 is 0 Å². The van der Waals surface area contributed by atoms with Gasteiger partial charge in [-0.3, -0.25) is 0 Å². The van der Waals surface area contributed by atoms with Gasteiger partial charge in [-0.2, -0.15) is 0 Å². The molecule has 112 valence electrons. The minimum atomic E-state index is -0.530. The maximum absolute atomic E-state index is 9.74. The maximum Gasteiger partial charge on any atom is 0.200 e. The molecular weight excluding hydrogens is 270 g/mol. The van der Waals surface area contributed by atoms with Crippen LogP contribution in [-0.4, -0.2) is 33.1 Å². The minimum Gasteiger partial charge on any atom is -0.504 e. The molecule has 2 aromatic carbocycles. The van der Waals surface area contributed by atoms with E-state index in [-0.39, 0.29) is 30.7 Å². The number of aromatic hydroxyl groups is 3. The topological polar surface area (TPSA) is 93.0 Å². The highest BCUT2D eigenvalue weighted by Gasteiger charge is 2.13. The fourth-order valence-corrected chi connectivity index (χ4v) is 2.11. The van der Waals surface area contributed by atoms with E-state index in [1.165, 1.54) is 12.1 Å². The van der Waals surface area contributed by atoms with Crippen molar-refractivity contribution in [3.05, 3.63) is 53.6 Å². The molecule has 0 aliphatic heterocycles. The summed E-state index contributed by atoms with van der Waals surface area (Å²) in [5, 5.41) is 41.0. The molecular formula is C16H19NO4. The first-order valence-corrected chi connectivity index (χ1v) is 6.72. The van der Waals surface area contributed by atoms with E-state index in [0.717, 1.165) is 5.56 Å². The van der Waals surface area contributed by atoms with Crippen LogP contribution in [0.2, 0.25) is 0 Å². The zero-order chi connectivity index (χ0) is 15.2. The van der Waals surface area contributed by atoms with Crippen molar-refractivity contribution in [3.8, 4) is 17.2 Å². The SMILES string of the molecule is OC[C@@H](Cc1ccccc1)NCc1ccc(O)c(O)c1O. The number of hydrogen-bond acceptors (Lipinski definition) is 5. The first kappa shape index (κ1) is 15.2. The van der Waals surface area contributed by atoms with E-state index in [1.807, 2.05) is 30.3 Å². The Labute approximate surface area is 123 Å². The number of aliphatic hydroxyl groups excluding tert-OH is 1. The van der Waals surface area contributed by atoms with E-state index in [9.17, 15) is 20.4 Å². The summed E-state index contributed by atoms with van der Waals surface area (Å²) in [5.41, 5.74) is 1.55. The van der Waals surface area contributed by atoms with Crippen molar-refractivity contribution in [3.63, 3.8) is 0 Å². The molecule has 5 heteroatoms. The van der Waals surface area contributed by atoms with Gasteiger partial charge in [0, 0.05) is 18.2 Å². The number of phenolic OH excluding ortho intramolecular Hbond substituents is 3. The van der Waals surface area contributed by atoms with Crippen LogP contribution in [0, 0.1) is 0 Å². The molecule has 0 saturated carbocycles. The van der Waals surface area contributed by atoms with Crippen LogP contribution in [0.5, 0.6) is 17.2 Å². The van der Waals surface area contributed by atoms with Crippen LogP contribution in [0.15, 0.2) is 42.5 Å². The van der Waals surface area contributed by atoms with Gasteiger partial charge in [-0.1, -0.05) is 36.4 Å². The predicted octanol–water partition coefficient (Wildman–Crippen LogP) is 1.50. The quantitative estimate of drug-likeness (QED) is 0.520. The Morgan fingerprint density at radius 3 is 2.29 bits per heavy atom. The first-order valence-electron chi connectivity index (χ1n) is 6.72. The third-order valence-corrected chi connectivity index (χ3v) is 3.34. The second-order valence-electron chi connectivity index (χ2n) is 4.89. The average molecular weight is 289 g/mol. The summed E-state index contributed by atoms with van der Waals surface area (Å²) in [6.45, 7) is 0.234. The second kappa shape index (κ2) is 6.97. The molecule has 0 saturated heterocycles. The Hall–Kier alpha value is -2.24. The molecule has 0 unspecified atom stereocenters. The Balaban J connectivity index is 1.99. The van der Waals surface area contributed by atoms with Gasteiger partial charge in [0.2, 0.25) is 5.75 Å². The van der Waals surface area contributed by atoms with Gasteiger partial charge in [-0.15, -0.1) is 0 Å². The van der Waals surface area contributed by atoms with Gasteiger partial charge in [-0.25, -0.2) is 0 Å². The van der Waals surface area contributed by atoms with Crippen molar-refractivity contribution in [2.45, 2.75) is 19.0 Å². The highest BCUT2D eigenvalue weighted by molar-refractivity contribution is 5.53. The van der Waals surface area contributed by atoms with Crippen LogP contribution in [0.25, 0.3) is 0 Å². The molecule has 0 aromatic heterocycles. The summed E-state index contributed by atoms with van der Waals surface area (Å²) in [6, 6.07) is 12.4. The number of aliphatic hydroxyl groups is 1. The average Bonchev–Trinajstić information content (AvgIpc) is 2.51. The molecule has 5 nitrogen and oxygen atoms in total. The molecule has 0 spiro atoms. The second-order valence-corrected chi connectivity index (χ2v) is 4.89. The van der Waals surface area contributed by atoms with Crippen molar-refractivity contribution < 1.29 is 20.4 Å². The van der Waals surface area contributed by atoms with Crippen LogP contribution in [0.1, 0.15) is 11.1 Å². The predicted molar refractivity (Wildman–Crippen MR) is 79.3 cm³/mol. The minimum absolute atomic E-state index is 0.0419. The first-order chi connectivity index (χ1) is 10.1. The molecule has 0 amide bonds. The van der Waals surface area contributed by atoms with E-state index in [4.69, 9.17) is 0 Å². The highest BCUT2D eigenvalue weighted by Crippen LogP contribution is 2.36. The zero-order valence-electron chi connectivity index (χ0n) is 11.5. The molecule has 21 heavy (non-hydrogen) atoms. The molecule has 0 aliphatic carbocycles.